The van der Waals surface area contributed by atoms with Gasteiger partial charge in [0.05, 0.1) is 44.3 Å². The fourth-order valence-electron chi connectivity index (χ4n) is 2.33. The van der Waals surface area contributed by atoms with Gasteiger partial charge < -0.3 is 33.3 Å². The Hall–Kier alpha value is -0.880. The number of quaternary nitrogens is 1. The van der Waals surface area contributed by atoms with Crippen molar-refractivity contribution in [2.75, 3.05) is 27.7 Å². The van der Waals surface area contributed by atoms with Gasteiger partial charge in [0.1, 0.15) is 10.5 Å². The Morgan fingerprint density at radius 1 is 1.24 bits per heavy atom. The van der Waals surface area contributed by atoms with Crippen molar-refractivity contribution in [1.29, 1.82) is 0 Å². The molecule has 6 nitrogen and oxygen atoms in total. The number of hydrogen-bond acceptors (Lipinski definition) is 5. The standard InChI is InChI=1S/C16H22N3O3S2.HI/c1-19(2,3)12-13(9-11-20)18-24(21,22)16-8-7-15(23-16)14-6-4-5-10-17-14;/h4-8,10-11,13,18H,9,12H2,1-3H3;1H/q+1;/p-1. The number of carbonyl (C=O) groups is 1. The Morgan fingerprint density at radius 3 is 2.52 bits per heavy atom. The van der Waals surface area contributed by atoms with Crippen molar-refractivity contribution >= 4 is 27.6 Å². The van der Waals surface area contributed by atoms with E-state index in [1.807, 2.05) is 39.3 Å². The van der Waals surface area contributed by atoms with Crippen LogP contribution in [0.1, 0.15) is 6.42 Å². The normalized spacial score (nSPS) is 13.1. The summed E-state index contributed by atoms with van der Waals surface area (Å²) in [7, 11) is 2.19. The number of nitrogens with zero attached hydrogens (tertiary/aromatic N) is 2. The number of carbonyl (C=O) groups excluding carboxylic acids is 1. The molecule has 0 aliphatic rings. The Kier molecular flexibility index (Phi) is 8.13. The molecule has 2 aromatic heterocycles. The fraction of sp³-hybridized carbons (Fsp3) is 0.375. The van der Waals surface area contributed by atoms with E-state index in [0.29, 0.717) is 11.0 Å². The summed E-state index contributed by atoms with van der Waals surface area (Å²) in [4.78, 5) is 15.9. The SMILES string of the molecule is C[N+](C)(C)CC(CC=O)NS(=O)(=O)c1ccc(-c2ccccn2)s1.[I-]. The monoisotopic (exact) mass is 495 g/mol. The molecule has 0 aromatic carbocycles. The molecular weight excluding hydrogens is 473 g/mol. The summed E-state index contributed by atoms with van der Waals surface area (Å²) < 4.78 is 28.6. The maximum absolute atomic E-state index is 12.6. The lowest BCUT2D eigenvalue weighted by Crippen LogP contribution is -3.00. The summed E-state index contributed by atoms with van der Waals surface area (Å²) in [6.07, 6.45) is 2.56. The molecule has 0 saturated carbocycles. The number of halogens is 1. The molecule has 0 fully saturated rings. The van der Waals surface area contributed by atoms with Crippen LogP contribution in [0.25, 0.3) is 10.6 Å². The van der Waals surface area contributed by atoms with Crippen LogP contribution in [-0.4, -0.2) is 57.9 Å². The molecule has 25 heavy (non-hydrogen) atoms. The number of aldehydes is 1. The molecule has 0 saturated heterocycles. The second-order valence-electron chi connectivity index (χ2n) is 6.53. The second-order valence-corrected chi connectivity index (χ2v) is 9.55. The summed E-state index contributed by atoms with van der Waals surface area (Å²) in [6.45, 7) is 0.524. The van der Waals surface area contributed by atoms with Crippen molar-refractivity contribution in [3.63, 3.8) is 0 Å². The predicted octanol–water partition coefficient (Wildman–Crippen LogP) is -1.24. The Balaban J connectivity index is 0.00000312. The maximum atomic E-state index is 12.6. The van der Waals surface area contributed by atoms with Gasteiger partial charge in [-0.05, 0) is 24.3 Å². The highest BCUT2D eigenvalue weighted by molar-refractivity contribution is 7.91. The highest BCUT2D eigenvalue weighted by Gasteiger charge is 2.26. The molecule has 0 aliphatic heterocycles. The summed E-state index contributed by atoms with van der Waals surface area (Å²) >= 11 is 1.16. The molecule has 2 aromatic rings. The van der Waals surface area contributed by atoms with Gasteiger partial charge in [-0.1, -0.05) is 6.07 Å². The molecule has 2 heterocycles. The van der Waals surface area contributed by atoms with Gasteiger partial charge in [0.25, 0.3) is 10.0 Å². The van der Waals surface area contributed by atoms with Crippen molar-refractivity contribution in [2.45, 2.75) is 16.7 Å². The summed E-state index contributed by atoms with van der Waals surface area (Å²) in [5, 5.41) is 0. The first-order chi connectivity index (χ1) is 11.2. The molecule has 2 rings (SSSR count). The van der Waals surface area contributed by atoms with Crippen LogP contribution < -0.4 is 28.7 Å². The van der Waals surface area contributed by atoms with Crippen LogP contribution in [0.4, 0.5) is 0 Å². The van der Waals surface area contributed by atoms with Crippen LogP contribution in [0.15, 0.2) is 40.7 Å². The zero-order chi connectivity index (χ0) is 17.8. The first-order valence-corrected chi connectivity index (χ1v) is 9.79. The zero-order valence-electron chi connectivity index (χ0n) is 14.3. The van der Waals surface area contributed by atoms with Gasteiger partial charge in [-0.15, -0.1) is 11.3 Å². The van der Waals surface area contributed by atoms with Gasteiger partial charge in [-0.2, -0.15) is 0 Å². The van der Waals surface area contributed by atoms with E-state index in [9.17, 15) is 13.2 Å². The van der Waals surface area contributed by atoms with Crippen LogP contribution in [0, 0.1) is 0 Å². The van der Waals surface area contributed by atoms with Crippen LogP contribution >= 0.6 is 11.3 Å². The van der Waals surface area contributed by atoms with E-state index < -0.39 is 16.1 Å². The zero-order valence-corrected chi connectivity index (χ0v) is 18.1. The average Bonchev–Trinajstić information content (AvgIpc) is 2.97. The van der Waals surface area contributed by atoms with Crippen LogP contribution in [0.5, 0.6) is 0 Å². The third-order valence-electron chi connectivity index (χ3n) is 3.23. The summed E-state index contributed by atoms with van der Waals surface area (Å²) in [6, 6.07) is 8.38. The van der Waals surface area contributed by atoms with Gasteiger partial charge in [0, 0.05) is 12.6 Å². The van der Waals surface area contributed by atoms with Gasteiger partial charge >= 0.3 is 0 Å². The minimum Gasteiger partial charge on any atom is -1.00 e. The molecule has 1 atom stereocenters. The Bertz CT molecular complexity index is 786. The van der Waals surface area contributed by atoms with E-state index in [2.05, 4.69) is 9.71 Å². The number of nitrogens with one attached hydrogen (secondary N) is 1. The van der Waals surface area contributed by atoms with E-state index in [0.717, 1.165) is 28.2 Å². The van der Waals surface area contributed by atoms with Crippen LogP contribution in [0.3, 0.4) is 0 Å². The van der Waals surface area contributed by atoms with Crippen LogP contribution in [-0.2, 0) is 14.8 Å². The van der Waals surface area contributed by atoms with Crippen molar-refractivity contribution < 1.29 is 41.7 Å². The Morgan fingerprint density at radius 2 is 1.96 bits per heavy atom. The predicted molar refractivity (Wildman–Crippen MR) is 95.2 cm³/mol. The summed E-state index contributed by atoms with van der Waals surface area (Å²) in [5.74, 6) is 0. The number of likely N-dealkylation sites (N-methyl/N-ethyl adjacent to an activating group) is 1. The van der Waals surface area contributed by atoms with E-state index in [1.54, 1.807) is 18.3 Å². The lowest BCUT2D eigenvalue weighted by atomic mass is 10.2. The number of rotatable bonds is 8. The molecule has 0 amide bonds. The first-order valence-electron chi connectivity index (χ1n) is 7.49. The number of sulfonamides is 1. The van der Waals surface area contributed by atoms with Crippen molar-refractivity contribution in [1.82, 2.24) is 9.71 Å². The third-order valence-corrected chi connectivity index (χ3v) is 6.35. The topological polar surface area (TPSA) is 76.1 Å². The average molecular weight is 495 g/mol. The minimum atomic E-state index is -3.67. The van der Waals surface area contributed by atoms with E-state index >= 15 is 0 Å². The molecule has 138 valence electrons. The smallest absolute Gasteiger partial charge is 0.250 e. The van der Waals surface area contributed by atoms with Crippen molar-refractivity contribution in [2.24, 2.45) is 0 Å². The minimum absolute atomic E-state index is 0. The van der Waals surface area contributed by atoms with Gasteiger partial charge in [0.2, 0.25) is 0 Å². The molecule has 0 aliphatic carbocycles. The highest BCUT2D eigenvalue weighted by Crippen LogP contribution is 2.29. The second kappa shape index (κ2) is 9.17. The van der Waals surface area contributed by atoms with Crippen molar-refractivity contribution in [3.8, 4) is 10.6 Å². The number of thiophene rings is 1. The largest absolute Gasteiger partial charge is 1.00 e. The van der Waals surface area contributed by atoms with E-state index in [4.69, 9.17) is 0 Å². The molecule has 1 unspecified atom stereocenters. The van der Waals surface area contributed by atoms with E-state index in [1.165, 1.54) is 0 Å². The maximum Gasteiger partial charge on any atom is 0.250 e. The van der Waals surface area contributed by atoms with Gasteiger partial charge in [-0.3, -0.25) is 4.98 Å². The molecule has 1 N–H and O–H groups in total. The van der Waals surface area contributed by atoms with Crippen molar-refractivity contribution in [3.05, 3.63) is 36.5 Å². The number of hydrogen-bond donors (Lipinski definition) is 1. The van der Waals surface area contributed by atoms with Gasteiger partial charge in [0.15, 0.2) is 0 Å². The fourth-order valence-corrected chi connectivity index (χ4v) is 4.87. The lowest BCUT2D eigenvalue weighted by Gasteiger charge is -2.28. The van der Waals surface area contributed by atoms with Gasteiger partial charge in [-0.25, -0.2) is 13.1 Å². The van der Waals surface area contributed by atoms with Crippen LogP contribution in [0.2, 0.25) is 0 Å². The molecule has 0 spiro atoms. The quantitative estimate of drug-likeness (QED) is 0.283. The molecule has 0 radical (unpaired) electrons. The summed E-state index contributed by atoms with van der Waals surface area (Å²) in [5.41, 5.74) is 0.736. The first kappa shape index (κ1) is 22.2. The third kappa shape index (κ3) is 6.74. The molecular formula is C16H22IN3O3S2. The number of pyridine rings is 1. The molecule has 9 heteroatoms. The van der Waals surface area contributed by atoms with E-state index in [-0.39, 0.29) is 34.6 Å². The lowest BCUT2D eigenvalue weighted by molar-refractivity contribution is -0.871. The highest BCUT2D eigenvalue weighted by atomic mass is 127. The number of aromatic nitrogens is 1. The molecule has 0 bridgehead atoms. The Labute approximate surface area is 169 Å².